The van der Waals surface area contributed by atoms with Crippen LogP contribution in [0.1, 0.15) is 213 Å². The maximum atomic E-state index is 12.8. The molecule has 67 heavy (non-hydrogen) atoms. The number of phosphoric ester groups is 1. The van der Waals surface area contributed by atoms with Crippen molar-refractivity contribution in [2.24, 2.45) is 0 Å². The zero-order valence-corrected chi connectivity index (χ0v) is 44.8. The van der Waals surface area contributed by atoms with Crippen LogP contribution in [0.5, 0.6) is 0 Å². The van der Waals surface area contributed by atoms with Gasteiger partial charge in [0, 0.05) is 6.42 Å². The van der Waals surface area contributed by atoms with Gasteiger partial charge in [0.05, 0.1) is 39.9 Å². The predicted octanol–water partition coefficient (Wildman–Crippen LogP) is 16.3. The smallest absolute Gasteiger partial charge is 0.387 e. The van der Waals surface area contributed by atoms with E-state index >= 15 is 0 Å². The van der Waals surface area contributed by atoms with Gasteiger partial charge in [-0.15, -0.1) is 0 Å². The quantitative estimate of drug-likeness (QED) is 0.0243. The van der Waals surface area contributed by atoms with Crippen LogP contribution < -0.4 is 5.32 Å². The van der Waals surface area contributed by atoms with E-state index in [4.69, 9.17) is 9.05 Å². The molecule has 8 nitrogen and oxygen atoms in total. The maximum absolute atomic E-state index is 12.8. The van der Waals surface area contributed by atoms with Crippen molar-refractivity contribution in [1.82, 2.24) is 5.32 Å². The van der Waals surface area contributed by atoms with E-state index in [0.717, 1.165) is 51.4 Å². The molecular weight excluding hydrogens is 852 g/mol. The van der Waals surface area contributed by atoms with Crippen LogP contribution in [0.4, 0.5) is 0 Å². The number of carbonyl (C=O) groups excluding carboxylic acids is 1. The first-order chi connectivity index (χ1) is 32.5. The molecule has 0 aromatic rings. The molecule has 3 N–H and O–H groups in total. The minimum Gasteiger partial charge on any atom is -0.387 e. The summed E-state index contributed by atoms with van der Waals surface area (Å²) in [5.41, 5.74) is 0. The highest BCUT2D eigenvalue weighted by atomic mass is 31.2. The zero-order chi connectivity index (χ0) is 49.2. The predicted molar refractivity (Wildman–Crippen MR) is 290 cm³/mol. The van der Waals surface area contributed by atoms with E-state index in [1.54, 1.807) is 12.2 Å². The number of likely N-dealkylation sites (N-methyl/N-ethyl adjacent to an activating group) is 1. The van der Waals surface area contributed by atoms with Gasteiger partial charge in [-0.1, -0.05) is 233 Å². The van der Waals surface area contributed by atoms with Gasteiger partial charge in [0.25, 0.3) is 0 Å². The normalized spacial score (nSPS) is 14.8. The molecule has 9 heteroatoms. The topological polar surface area (TPSA) is 105 Å². The number of rotatable bonds is 48. The Kier molecular flexibility index (Phi) is 46.6. The number of phosphoric acid groups is 1. The zero-order valence-electron chi connectivity index (χ0n) is 43.9. The third kappa shape index (κ3) is 51.1. The van der Waals surface area contributed by atoms with E-state index in [9.17, 15) is 19.4 Å². The molecule has 0 heterocycles. The maximum Gasteiger partial charge on any atom is 0.472 e. The summed E-state index contributed by atoms with van der Waals surface area (Å²) < 4.78 is 23.5. The van der Waals surface area contributed by atoms with Crippen LogP contribution in [-0.4, -0.2) is 73.4 Å². The second kappa shape index (κ2) is 48.4. The highest BCUT2D eigenvalue weighted by Crippen LogP contribution is 2.43. The Morgan fingerprint density at radius 1 is 0.522 bits per heavy atom. The Balaban J connectivity index is 4.34. The number of aliphatic hydroxyl groups is 1. The number of unbranched alkanes of at least 4 members (excludes halogenated alkanes) is 22. The van der Waals surface area contributed by atoms with Crippen molar-refractivity contribution in [3.8, 4) is 0 Å². The number of aliphatic hydroxyl groups excluding tert-OH is 1. The number of carbonyl (C=O) groups is 1. The number of nitrogens with zero attached hydrogens (tertiary/aromatic N) is 1. The molecule has 0 aromatic heterocycles. The van der Waals surface area contributed by atoms with Crippen LogP contribution in [0, 0.1) is 0 Å². The molecule has 3 unspecified atom stereocenters. The van der Waals surface area contributed by atoms with Crippen molar-refractivity contribution >= 4 is 13.7 Å². The van der Waals surface area contributed by atoms with Crippen LogP contribution in [0.15, 0.2) is 97.2 Å². The molecule has 0 saturated heterocycles. The molecule has 0 aromatic carbocycles. The first kappa shape index (κ1) is 64.4. The van der Waals surface area contributed by atoms with Crippen molar-refractivity contribution in [2.45, 2.75) is 225 Å². The SMILES string of the molecule is CC/C=C\C/C=C\C/C=C\C/C=C\C/C=C\CC(=O)NC(COP(=O)(O)OCC[N+](C)(C)C)C(O)/C=C/CC/C=C/CC/C=C/CCCCCCCCCCCCCCCCCCCCCC. The Morgan fingerprint density at radius 2 is 0.910 bits per heavy atom. The summed E-state index contributed by atoms with van der Waals surface area (Å²) in [4.78, 5) is 23.1. The van der Waals surface area contributed by atoms with Crippen molar-refractivity contribution < 1.29 is 32.9 Å². The summed E-state index contributed by atoms with van der Waals surface area (Å²) in [6.45, 7) is 4.59. The molecular formula is C58H104N2O6P+. The van der Waals surface area contributed by atoms with Gasteiger partial charge >= 0.3 is 7.82 Å². The summed E-state index contributed by atoms with van der Waals surface area (Å²) in [5.74, 6) is -0.320. The fourth-order valence-corrected chi connectivity index (χ4v) is 8.05. The minimum absolute atomic E-state index is 0.0320. The molecule has 3 atom stereocenters. The Hall–Kier alpha value is -2.58. The van der Waals surface area contributed by atoms with Crippen molar-refractivity contribution in [3.63, 3.8) is 0 Å². The fraction of sp³-hybridized carbons (Fsp3) is 0.707. The largest absolute Gasteiger partial charge is 0.472 e. The van der Waals surface area contributed by atoms with Gasteiger partial charge in [-0.3, -0.25) is 13.8 Å². The van der Waals surface area contributed by atoms with Crippen LogP contribution >= 0.6 is 7.82 Å². The molecule has 0 aliphatic carbocycles. The molecule has 0 bridgehead atoms. The third-order valence-electron chi connectivity index (χ3n) is 11.5. The van der Waals surface area contributed by atoms with Gasteiger partial charge in [0.1, 0.15) is 13.2 Å². The Labute approximate surface area is 413 Å². The van der Waals surface area contributed by atoms with Crippen LogP contribution in [0.25, 0.3) is 0 Å². The van der Waals surface area contributed by atoms with Gasteiger partial charge in [0.2, 0.25) is 5.91 Å². The second-order valence-corrected chi connectivity index (χ2v) is 20.7. The Morgan fingerprint density at radius 3 is 1.34 bits per heavy atom. The van der Waals surface area contributed by atoms with E-state index in [1.165, 1.54) is 135 Å². The number of hydrogen-bond acceptors (Lipinski definition) is 5. The van der Waals surface area contributed by atoms with E-state index in [2.05, 4.69) is 92.1 Å². The lowest BCUT2D eigenvalue weighted by Crippen LogP contribution is -2.45. The van der Waals surface area contributed by atoms with E-state index in [0.29, 0.717) is 17.4 Å². The van der Waals surface area contributed by atoms with Gasteiger partial charge < -0.3 is 19.8 Å². The molecule has 386 valence electrons. The number of amides is 1. The van der Waals surface area contributed by atoms with Crippen LogP contribution in [-0.2, 0) is 18.4 Å². The van der Waals surface area contributed by atoms with Gasteiger partial charge in [-0.2, -0.15) is 0 Å². The first-order valence-corrected chi connectivity index (χ1v) is 28.6. The lowest BCUT2D eigenvalue weighted by atomic mass is 10.0. The number of quaternary nitrogens is 1. The first-order valence-electron chi connectivity index (χ1n) is 27.1. The monoisotopic (exact) mass is 956 g/mol. The van der Waals surface area contributed by atoms with E-state index in [-0.39, 0.29) is 25.5 Å². The standard InChI is InChI=1S/C58H103N2O6P/c1-6-8-10-12-14-16-18-20-22-23-24-25-26-27-28-29-30-31-32-33-34-35-36-38-39-41-43-45-47-49-51-57(61)56(55-66-67(63,64)65-54-53-60(3,4)5)59-58(62)52-50-48-46-44-42-40-37-21-19-17-15-13-11-9-7-2/h9,11,15,17,21,35-37,41-44,48-51,56-57,61H,6-8,10,12-14,16,18-20,22-34,38-40,45-47,52-55H2,1-5H3,(H-,59,62,63,64)/p+1/b11-9-,17-15-,36-35+,37-21-,43-41+,44-42-,50-48-,51-49+. The summed E-state index contributed by atoms with van der Waals surface area (Å²) in [6.07, 6.45) is 69.9. The number of nitrogens with one attached hydrogen (secondary N) is 1. The van der Waals surface area contributed by atoms with E-state index in [1.807, 2.05) is 33.3 Å². The Bertz CT molecular complexity index is 1410. The number of allylic oxidation sites excluding steroid dienone is 14. The second-order valence-electron chi connectivity index (χ2n) is 19.2. The average molecular weight is 956 g/mol. The van der Waals surface area contributed by atoms with Crippen molar-refractivity contribution in [2.75, 3.05) is 40.9 Å². The van der Waals surface area contributed by atoms with E-state index < -0.39 is 20.0 Å². The average Bonchev–Trinajstić information content (AvgIpc) is 3.29. The van der Waals surface area contributed by atoms with Crippen molar-refractivity contribution in [1.29, 1.82) is 0 Å². The molecule has 0 radical (unpaired) electrons. The molecule has 0 saturated carbocycles. The third-order valence-corrected chi connectivity index (χ3v) is 12.5. The van der Waals surface area contributed by atoms with Gasteiger partial charge in [-0.05, 0) is 70.6 Å². The summed E-state index contributed by atoms with van der Waals surface area (Å²) >= 11 is 0. The molecule has 0 rings (SSSR count). The molecule has 0 aliphatic rings. The van der Waals surface area contributed by atoms with Gasteiger partial charge in [0.15, 0.2) is 0 Å². The van der Waals surface area contributed by atoms with Crippen LogP contribution in [0.2, 0.25) is 0 Å². The van der Waals surface area contributed by atoms with Crippen LogP contribution in [0.3, 0.4) is 0 Å². The van der Waals surface area contributed by atoms with Crippen molar-refractivity contribution in [3.05, 3.63) is 97.2 Å². The molecule has 0 spiro atoms. The number of hydrogen-bond donors (Lipinski definition) is 3. The summed E-state index contributed by atoms with van der Waals surface area (Å²) in [6, 6.07) is -0.931. The lowest BCUT2D eigenvalue weighted by molar-refractivity contribution is -0.870. The molecule has 1 amide bonds. The minimum atomic E-state index is -4.39. The highest BCUT2D eigenvalue weighted by Gasteiger charge is 2.27. The molecule has 0 aliphatic heterocycles. The lowest BCUT2D eigenvalue weighted by Gasteiger charge is -2.25. The summed E-state index contributed by atoms with van der Waals surface area (Å²) in [7, 11) is 1.48. The highest BCUT2D eigenvalue weighted by molar-refractivity contribution is 7.47. The fourth-order valence-electron chi connectivity index (χ4n) is 7.32. The molecule has 0 fully saturated rings. The van der Waals surface area contributed by atoms with Gasteiger partial charge in [-0.25, -0.2) is 4.57 Å². The summed E-state index contributed by atoms with van der Waals surface area (Å²) in [5, 5.41) is 13.8.